The number of nitriles is 1. The van der Waals surface area contributed by atoms with Crippen molar-refractivity contribution in [2.75, 3.05) is 51.8 Å². The van der Waals surface area contributed by atoms with Gasteiger partial charge in [0.2, 0.25) is 0 Å². The molecule has 2 aromatic rings. The zero-order valence-corrected chi connectivity index (χ0v) is 24.0. The fraction of sp³-hybridized carbons (Fsp3) is 0.429. The first kappa shape index (κ1) is 27.9. The Labute approximate surface area is 233 Å². The number of likely N-dealkylation sites (N-methyl/N-ethyl adjacent to an activating group) is 1. The number of pyridine rings is 1. The fourth-order valence-corrected chi connectivity index (χ4v) is 6.08. The van der Waals surface area contributed by atoms with E-state index in [1.165, 1.54) is 11.8 Å². The van der Waals surface area contributed by atoms with Crippen molar-refractivity contribution in [2.24, 2.45) is 0 Å². The number of anilines is 1. The van der Waals surface area contributed by atoms with E-state index in [0.29, 0.717) is 34.3 Å². The van der Waals surface area contributed by atoms with Crippen LogP contribution < -0.4 is 15.2 Å². The van der Waals surface area contributed by atoms with Crippen molar-refractivity contribution >= 4 is 46.1 Å². The summed E-state index contributed by atoms with van der Waals surface area (Å²) in [6.07, 6.45) is 3.25. The maximum atomic E-state index is 13.5. The van der Waals surface area contributed by atoms with Gasteiger partial charge < -0.3 is 14.5 Å². The van der Waals surface area contributed by atoms with Gasteiger partial charge in [-0.15, -0.1) is 0 Å². The minimum atomic E-state index is -0.273. The van der Waals surface area contributed by atoms with Crippen LogP contribution in [-0.4, -0.2) is 71.5 Å². The predicted octanol–water partition coefficient (Wildman–Crippen LogP) is 3.64. The zero-order chi connectivity index (χ0) is 27.4. The Morgan fingerprint density at radius 2 is 1.82 bits per heavy atom. The summed E-state index contributed by atoms with van der Waals surface area (Å²) in [5.41, 5.74) is 2.28. The van der Waals surface area contributed by atoms with E-state index < -0.39 is 0 Å². The summed E-state index contributed by atoms with van der Waals surface area (Å²) in [4.78, 5) is 33.4. The highest BCUT2D eigenvalue weighted by Gasteiger charge is 2.33. The van der Waals surface area contributed by atoms with Crippen LogP contribution in [0.3, 0.4) is 0 Å². The van der Waals surface area contributed by atoms with Gasteiger partial charge >= 0.3 is 0 Å². The predicted molar refractivity (Wildman–Crippen MR) is 157 cm³/mol. The lowest BCUT2D eigenvalue weighted by molar-refractivity contribution is -0.122. The summed E-state index contributed by atoms with van der Waals surface area (Å²) < 4.78 is 7.45. The summed E-state index contributed by atoms with van der Waals surface area (Å²) in [6, 6.07) is 9.89. The Kier molecular flexibility index (Phi) is 8.92. The second-order valence-corrected chi connectivity index (χ2v) is 11.2. The molecule has 4 rings (SSSR count). The van der Waals surface area contributed by atoms with Gasteiger partial charge in [0.1, 0.15) is 27.5 Å². The molecule has 8 nitrogen and oxygen atoms in total. The number of benzene rings is 1. The molecule has 10 heteroatoms. The summed E-state index contributed by atoms with van der Waals surface area (Å²) in [7, 11) is 3.71. The maximum absolute atomic E-state index is 13.5. The molecule has 2 aliphatic heterocycles. The molecule has 1 aromatic carbocycles. The number of carbonyl (C=O) groups excluding carboxylic acids is 1. The minimum Gasteiger partial charge on any atom is -0.497 e. The van der Waals surface area contributed by atoms with Gasteiger partial charge in [-0.05, 0) is 56.1 Å². The molecule has 0 aliphatic carbocycles. The molecule has 38 heavy (non-hydrogen) atoms. The summed E-state index contributed by atoms with van der Waals surface area (Å²) >= 11 is 6.86. The smallest absolute Gasteiger partial charge is 0.270 e. The quantitative estimate of drug-likeness (QED) is 0.363. The monoisotopic (exact) mass is 551 g/mol. The van der Waals surface area contributed by atoms with Crippen LogP contribution in [0.15, 0.2) is 34.0 Å². The van der Waals surface area contributed by atoms with Crippen LogP contribution in [0.5, 0.6) is 5.75 Å². The van der Waals surface area contributed by atoms with Crippen LogP contribution in [0, 0.1) is 18.3 Å². The van der Waals surface area contributed by atoms with E-state index in [1.807, 2.05) is 37.3 Å². The number of ether oxygens (including phenoxy) is 1. The standard InChI is InChI=1S/C28H33N5O3S2/c1-5-11-32-25(31-15-13-30(3)14-16-31)22(19(2)23(18-29)26(32)34)17-24-27(35)33(28(37)38-24)12-10-20-6-8-21(36-4)9-7-20/h6-9,17H,5,10-16H2,1-4H3. The molecular weight excluding hydrogens is 518 g/mol. The molecule has 1 amide bonds. The lowest BCUT2D eigenvalue weighted by atomic mass is 10.0. The van der Waals surface area contributed by atoms with Crippen LogP contribution in [0.1, 0.15) is 35.6 Å². The summed E-state index contributed by atoms with van der Waals surface area (Å²) in [5.74, 6) is 1.42. The number of hydrogen-bond donors (Lipinski definition) is 0. The van der Waals surface area contributed by atoms with Gasteiger partial charge in [-0.3, -0.25) is 19.1 Å². The highest BCUT2D eigenvalue weighted by molar-refractivity contribution is 8.26. The van der Waals surface area contributed by atoms with Crippen molar-refractivity contribution in [3.63, 3.8) is 0 Å². The third-order valence-corrected chi connectivity index (χ3v) is 8.41. The number of rotatable bonds is 8. The van der Waals surface area contributed by atoms with Gasteiger partial charge in [0.05, 0.1) is 12.0 Å². The second-order valence-electron chi connectivity index (χ2n) is 9.53. The molecule has 0 atom stereocenters. The Hall–Kier alpha value is -3.13. The van der Waals surface area contributed by atoms with Gasteiger partial charge in [-0.25, -0.2) is 0 Å². The number of amides is 1. The lowest BCUT2D eigenvalue weighted by Gasteiger charge is -2.36. The number of thiocarbonyl (C=S) groups is 1. The van der Waals surface area contributed by atoms with E-state index in [4.69, 9.17) is 17.0 Å². The highest BCUT2D eigenvalue weighted by atomic mass is 32.2. The van der Waals surface area contributed by atoms with Gasteiger partial charge in [-0.1, -0.05) is 43.0 Å². The topological polar surface area (TPSA) is 81.8 Å². The number of nitrogens with zero attached hydrogens (tertiary/aromatic N) is 5. The molecule has 0 bridgehead atoms. The Bertz CT molecular complexity index is 1350. The number of thioether (sulfide) groups is 1. The number of carbonyl (C=O) groups is 1. The molecule has 2 aliphatic rings. The van der Waals surface area contributed by atoms with Gasteiger partial charge in [0, 0.05) is 44.8 Å². The maximum Gasteiger partial charge on any atom is 0.270 e. The molecule has 0 spiro atoms. The molecule has 200 valence electrons. The van der Waals surface area contributed by atoms with E-state index in [0.717, 1.165) is 55.3 Å². The molecule has 1 aromatic heterocycles. The molecule has 0 radical (unpaired) electrons. The van der Waals surface area contributed by atoms with E-state index in [-0.39, 0.29) is 17.0 Å². The summed E-state index contributed by atoms with van der Waals surface area (Å²) in [5, 5.41) is 9.85. The lowest BCUT2D eigenvalue weighted by Crippen LogP contribution is -2.47. The molecule has 0 N–H and O–H groups in total. The first-order valence-corrected chi connectivity index (χ1v) is 14.0. The van der Waals surface area contributed by atoms with Crippen molar-refractivity contribution in [3.05, 3.63) is 61.8 Å². The highest BCUT2D eigenvalue weighted by Crippen LogP contribution is 2.36. The normalized spacial score (nSPS) is 17.4. The van der Waals surface area contributed by atoms with Crippen LogP contribution in [0.4, 0.5) is 5.82 Å². The Morgan fingerprint density at radius 1 is 1.13 bits per heavy atom. The number of piperazine rings is 1. The van der Waals surface area contributed by atoms with Gasteiger partial charge in [-0.2, -0.15) is 5.26 Å². The largest absolute Gasteiger partial charge is 0.497 e. The molecule has 3 heterocycles. The number of methoxy groups -OCH3 is 1. The molecule has 0 unspecified atom stereocenters. The van der Waals surface area contributed by atoms with Crippen molar-refractivity contribution in [3.8, 4) is 11.8 Å². The van der Waals surface area contributed by atoms with E-state index in [9.17, 15) is 14.9 Å². The first-order chi connectivity index (χ1) is 18.3. The first-order valence-electron chi connectivity index (χ1n) is 12.8. The van der Waals surface area contributed by atoms with Crippen LogP contribution in [-0.2, 0) is 17.8 Å². The third-order valence-electron chi connectivity index (χ3n) is 7.03. The van der Waals surface area contributed by atoms with Crippen molar-refractivity contribution in [1.82, 2.24) is 14.4 Å². The average molecular weight is 552 g/mol. The third kappa shape index (κ3) is 5.65. The van der Waals surface area contributed by atoms with E-state index in [1.54, 1.807) is 23.5 Å². The number of aromatic nitrogens is 1. The SMILES string of the molecule is CCCn1c(N2CCN(C)CC2)c(C=C2SC(=S)N(CCc3ccc(OC)cc3)C2=O)c(C)c(C#N)c1=O. The zero-order valence-electron chi connectivity index (χ0n) is 22.3. The average Bonchev–Trinajstić information content (AvgIpc) is 3.18. The van der Waals surface area contributed by atoms with Crippen molar-refractivity contribution < 1.29 is 9.53 Å². The minimum absolute atomic E-state index is 0.123. The molecule has 2 saturated heterocycles. The molecule has 2 fully saturated rings. The Morgan fingerprint density at radius 3 is 2.42 bits per heavy atom. The Balaban J connectivity index is 1.70. The van der Waals surface area contributed by atoms with Gasteiger partial charge in [0.25, 0.3) is 11.5 Å². The number of hydrogen-bond acceptors (Lipinski definition) is 8. The van der Waals surface area contributed by atoms with Crippen LogP contribution >= 0.6 is 24.0 Å². The van der Waals surface area contributed by atoms with E-state index in [2.05, 4.69) is 22.9 Å². The van der Waals surface area contributed by atoms with Crippen molar-refractivity contribution in [1.29, 1.82) is 5.26 Å². The van der Waals surface area contributed by atoms with Gasteiger partial charge in [0.15, 0.2) is 0 Å². The molecular formula is C28H33N5O3S2. The van der Waals surface area contributed by atoms with E-state index >= 15 is 0 Å². The van der Waals surface area contributed by atoms with Crippen molar-refractivity contribution in [2.45, 2.75) is 33.2 Å². The van der Waals surface area contributed by atoms with Crippen LogP contribution in [0.2, 0.25) is 0 Å². The summed E-state index contributed by atoms with van der Waals surface area (Å²) in [6.45, 7) is 8.03. The molecule has 0 saturated carbocycles. The fourth-order valence-electron chi connectivity index (χ4n) is 4.79. The second kappa shape index (κ2) is 12.2. The van der Waals surface area contributed by atoms with Crippen LogP contribution in [0.25, 0.3) is 6.08 Å².